The maximum atomic E-state index is 14.4. The molecule has 1 unspecified atom stereocenters. The van der Waals surface area contributed by atoms with Gasteiger partial charge in [-0.2, -0.15) is 0 Å². The van der Waals surface area contributed by atoms with Crippen molar-refractivity contribution >= 4 is 23.6 Å². The van der Waals surface area contributed by atoms with Crippen LogP contribution in [0.2, 0.25) is 0 Å². The molecular formula is C25H27N2O3P. The van der Waals surface area contributed by atoms with E-state index >= 15 is 0 Å². The third-order valence-electron chi connectivity index (χ3n) is 5.05. The number of unbranched alkanes of at least 4 members (excludes halogenated alkanes) is 2. The van der Waals surface area contributed by atoms with Gasteiger partial charge in [0.05, 0.1) is 11.0 Å². The van der Waals surface area contributed by atoms with E-state index in [4.69, 9.17) is 0 Å². The predicted molar refractivity (Wildman–Crippen MR) is 127 cm³/mol. The minimum atomic E-state index is -3.21. The van der Waals surface area contributed by atoms with Crippen LogP contribution in [0.25, 0.3) is 0 Å². The fraction of sp³-hybridized carbons (Fsp3) is 0.200. The van der Waals surface area contributed by atoms with Gasteiger partial charge in [-0.25, -0.2) is 5.09 Å². The molecule has 0 fully saturated rings. The fourth-order valence-corrected chi connectivity index (χ4v) is 5.79. The monoisotopic (exact) mass is 434 g/mol. The molecule has 0 heterocycles. The average molecular weight is 434 g/mol. The Balaban J connectivity index is 2.06. The standard InChI is InChI=1S/C25H27N2O3P/c1-2-3-4-11-19-25(21-13-12-14-22(20-21)27(28)29)26-31(30,23-15-7-5-8-16-23)24-17-9-6-10-18-24/h5-20,25H,2-4H2,1H3,(H,26,30)/b19-11+. The van der Waals surface area contributed by atoms with Gasteiger partial charge in [0.25, 0.3) is 5.69 Å². The van der Waals surface area contributed by atoms with Crippen LogP contribution in [0.1, 0.15) is 37.8 Å². The van der Waals surface area contributed by atoms with Gasteiger partial charge in [0.1, 0.15) is 0 Å². The smallest absolute Gasteiger partial charge is 0.269 e. The Morgan fingerprint density at radius 1 is 0.968 bits per heavy atom. The Hall–Kier alpha value is -3.01. The summed E-state index contributed by atoms with van der Waals surface area (Å²) in [6, 6.07) is 24.7. The Morgan fingerprint density at radius 2 is 1.58 bits per heavy atom. The van der Waals surface area contributed by atoms with Gasteiger partial charge >= 0.3 is 0 Å². The van der Waals surface area contributed by atoms with Gasteiger partial charge in [-0.1, -0.05) is 80.4 Å². The second-order valence-corrected chi connectivity index (χ2v) is 9.82. The van der Waals surface area contributed by atoms with Crippen molar-refractivity contribution in [2.75, 3.05) is 0 Å². The van der Waals surface area contributed by atoms with Crippen LogP contribution in [0.5, 0.6) is 0 Å². The van der Waals surface area contributed by atoms with Crippen molar-refractivity contribution in [3.63, 3.8) is 0 Å². The van der Waals surface area contributed by atoms with Crippen LogP contribution in [0, 0.1) is 10.1 Å². The van der Waals surface area contributed by atoms with E-state index in [2.05, 4.69) is 18.1 Å². The summed E-state index contributed by atoms with van der Waals surface area (Å²) in [5.41, 5.74) is 0.717. The van der Waals surface area contributed by atoms with Crippen LogP contribution in [0.15, 0.2) is 97.1 Å². The van der Waals surface area contributed by atoms with E-state index in [0.29, 0.717) is 16.2 Å². The molecule has 0 aliphatic heterocycles. The van der Waals surface area contributed by atoms with Crippen molar-refractivity contribution in [3.8, 4) is 0 Å². The van der Waals surface area contributed by atoms with Crippen LogP contribution in [0.4, 0.5) is 5.69 Å². The molecule has 3 rings (SSSR count). The number of nitrogens with zero attached hydrogens (tertiary/aromatic N) is 1. The fourth-order valence-electron chi connectivity index (χ4n) is 3.38. The third-order valence-corrected chi connectivity index (χ3v) is 7.75. The second kappa shape index (κ2) is 10.9. The van der Waals surface area contributed by atoms with Crippen molar-refractivity contribution < 1.29 is 9.49 Å². The molecule has 0 spiro atoms. The molecule has 0 amide bonds. The zero-order valence-electron chi connectivity index (χ0n) is 17.6. The van der Waals surface area contributed by atoms with Gasteiger partial charge in [-0.3, -0.25) is 14.7 Å². The van der Waals surface area contributed by atoms with Gasteiger partial charge in [0.2, 0.25) is 7.29 Å². The van der Waals surface area contributed by atoms with E-state index in [1.54, 1.807) is 12.1 Å². The molecule has 31 heavy (non-hydrogen) atoms. The lowest BCUT2D eigenvalue weighted by molar-refractivity contribution is -0.384. The SMILES string of the molecule is CCCC/C=C/C(NP(=O)(c1ccccc1)c1ccccc1)c1cccc([N+](=O)[O-])c1. The first-order valence-corrected chi connectivity index (χ1v) is 12.2. The Morgan fingerprint density at radius 3 is 2.13 bits per heavy atom. The summed E-state index contributed by atoms with van der Waals surface area (Å²) in [5, 5.41) is 16.1. The summed E-state index contributed by atoms with van der Waals surface area (Å²) in [6.07, 6.45) is 7.04. The normalized spacial score (nSPS) is 12.7. The first-order chi connectivity index (χ1) is 15.0. The molecule has 0 saturated heterocycles. The van der Waals surface area contributed by atoms with Crippen LogP contribution < -0.4 is 15.7 Å². The third kappa shape index (κ3) is 5.78. The number of nitro groups is 1. The maximum Gasteiger partial charge on any atom is 0.269 e. The predicted octanol–water partition coefficient (Wildman–Crippen LogP) is 5.90. The lowest BCUT2D eigenvalue weighted by Gasteiger charge is -2.25. The molecule has 0 bridgehead atoms. The topological polar surface area (TPSA) is 72.2 Å². The number of nitro benzene ring substituents is 1. The summed E-state index contributed by atoms with van der Waals surface area (Å²) < 4.78 is 14.4. The number of hydrogen-bond acceptors (Lipinski definition) is 3. The summed E-state index contributed by atoms with van der Waals surface area (Å²) in [5.74, 6) is 0. The van der Waals surface area contributed by atoms with Gasteiger partial charge < -0.3 is 0 Å². The van der Waals surface area contributed by atoms with Gasteiger partial charge in [0.15, 0.2) is 0 Å². The van der Waals surface area contributed by atoms with Crippen molar-refractivity contribution in [2.45, 2.75) is 32.2 Å². The van der Waals surface area contributed by atoms with E-state index < -0.39 is 18.3 Å². The van der Waals surface area contributed by atoms with Crippen LogP contribution >= 0.6 is 7.29 Å². The number of allylic oxidation sites excluding steroid dienone is 1. The number of rotatable bonds is 10. The first kappa shape index (κ1) is 22.7. The van der Waals surface area contributed by atoms with E-state index in [1.165, 1.54) is 6.07 Å². The number of nitrogens with one attached hydrogen (secondary N) is 1. The van der Waals surface area contributed by atoms with Crippen LogP contribution in [0.3, 0.4) is 0 Å². The van der Waals surface area contributed by atoms with E-state index in [1.807, 2.05) is 72.8 Å². The highest BCUT2D eigenvalue weighted by Gasteiger charge is 2.30. The van der Waals surface area contributed by atoms with E-state index in [0.717, 1.165) is 19.3 Å². The summed E-state index contributed by atoms with van der Waals surface area (Å²) >= 11 is 0. The van der Waals surface area contributed by atoms with Crippen molar-refractivity contribution in [2.24, 2.45) is 0 Å². The van der Waals surface area contributed by atoms with Crippen molar-refractivity contribution in [3.05, 3.63) is 113 Å². The highest BCUT2D eigenvalue weighted by atomic mass is 31.2. The van der Waals surface area contributed by atoms with E-state index in [-0.39, 0.29) is 5.69 Å². The van der Waals surface area contributed by atoms with Gasteiger partial charge in [-0.05, 0) is 36.2 Å². The average Bonchev–Trinajstić information content (AvgIpc) is 2.82. The van der Waals surface area contributed by atoms with Gasteiger partial charge in [-0.15, -0.1) is 0 Å². The largest absolute Gasteiger partial charge is 0.296 e. The van der Waals surface area contributed by atoms with E-state index in [9.17, 15) is 14.7 Å². The summed E-state index contributed by atoms with van der Waals surface area (Å²) in [6.45, 7) is 2.13. The lowest BCUT2D eigenvalue weighted by atomic mass is 10.1. The lowest BCUT2D eigenvalue weighted by Crippen LogP contribution is -2.30. The molecule has 3 aromatic rings. The second-order valence-electron chi connectivity index (χ2n) is 7.31. The molecule has 0 aromatic heterocycles. The molecule has 3 aromatic carbocycles. The zero-order valence-corrected chi connectivity index (χ0v) is 18.4. The molecule has 0 radical (unpaired) electrons. The highest BCUT2D eigenvalue weighted by molar-refractivity contribution is 7.76. The van der Waals surface area contributed by atoms with Gasteiger partial charge in [0, 0.05) is 22.7 Å². The minimum Gasteiger partial charge on any atom is -0.296 e. The van der Waals surface area contributed by atoms with Crippen molar-refractivity contribution in [1.29, 1.82) is 0 Å². The molecular weight excluding hydrogens is 407 g/mol. The molecule has 160 valence electrons. The van der Waals surface area contributed by atoms with Crippen molar-refractivity contribution in [1.82, 2.24) is 5.09 Å². The Bertz CT molecular complexity index is 1020. The number of hydrogen-bond donors (Lipinski definition) is 1. The zero-order chi connectivity index (χ0) is 22.1. The summed E-state index contributed by atoms with van der Waals surface area (Å²) in [4.78, 5) is 10.9. The molecule has 1 N–H and O–H groups in total. The Labute approximate surface area is 183 Å². The Kier molecular flexibility index (Phi) is 7.94. The highest BCUT2D eigenvalue weighted by Crippen LogP contribution is 2.42. The molecule has 0 aliphatic rings. The number of non-ortho nitro benzene ring substituents is 1. The number of benzene rings is 3. The molecule has 0 saturated carbocycles. The molecule has 6 heteroatoms. The van der Waals surface area contributed by atoms with Crippen LogP contribution in [-0.2, 0) is 4.57 Å². The molecule has 1 atom stereocenters. The molecule has 0 aliphatic carbocycles. The quantitative estimate of drug-likeness (QED) is 0.142. The maximum absolute atomic E-state index is 14.4. The van der Waals surface area contributed by atoms with Crippen LogP contribution in [-0.4, -0.2) is 4.92 Å². The summed E-state index contributed by atoms with van der Waals surface area (Å²) in [7, 11) is -3.21. The molecule has 5 nitrogen and oxygen atoms in total. The minimum absolute atomic E-state index is 0.0144. The first-order valence-electron chi connectivity index (χ1n) is 10.4.